The lowest BCUT2D eigenvalue weighted by molar-refractivity contribution is -0.154. The summed E-state index contributed by atoms with van der Waals surface area (Å²) < 4.78 is 5.26. The molecule has 1 amide bonds. The van der Waals surface area contributed by atoms with Crippen LogP contribution >= 0.6 is 0 Å². The number of phenolic OH excluding ortho intramolecular Hbond substituents is 1. The smallest absolute Gasteiger partial charge is 0.318 e. The lowest BCUT2D eigenvalue weighted by Gasteiger charge is -2.32. The maximum Gasteiger partial charge on any atom is 0.318 e. The second kappa shape index (κ2) is 6.29. The minimum Gasteiger partial charge on any atom is -0.508 e. The molecule has 2 aromatic rings. The molecule has 0 heterocycles. The number of ether oxygens (including phenoxy) is 1. The number of carbonyl (C=O) groups excluding carboxylic acids is 3. The zero-order valence-electron chi connectivity index (χ0n) is 14.4. The molecule has 6 nitrogen and oxygen atoms in total. The number of primary amides is 1. The van der Waals surface area contributed by atoms with Gasteiger partial charge in [-0.05, 0) is 37.1 Å². The topological polar surface area (TPSA) is 107 Å². The van der Waals surface area contributed by atoms with Crippen LogP contribution in [-0.2, 0) is 19.7 Å². The van der Waals surface area contributed by atoms with Gasteiger partial charge in [-0.15, -0.1) is 0 Å². The second-order valence-corrected chi connectivity index (χ2v) is 6.55. The fraction of sp³-hybridized carbons (Fsp3) is 0.250. The number of nitrogens with two attached hydrogens (primary N) is 1. The Morgan fingerprint density at radius 3 is 2.38 bits per heavy atom. The number of fused-ring (bicyclic) bond motifs is 1. The van der Waals surface area contributed by atoms with Crippen molar-refractivity contribution in [3.05, 3.63) is 65.2 Å². The third kappa shape index (κ3) is 2.45. The molecule has 2 unspecified atom stereocenters. The van der Waals surface area contributed by atoms with Gasteiger partial charge in [0.15, 0.2) is 5.78 Å². The average Bonchev–Trinajstić information content (AvgIpc) is 2.84. The molecule has 0 aromatic heterocycles. The van der Waals surface area contributed by atoms with E-state index in [0.29, 0.717) is 11.1 Å². The molecule has 2 aromatic carbocycles. The van der Waals surface area contributed by atoms with Crippen molar-refractivity contribution in [3.8, 4) is 5.75 Å². The van der Waals surface area contributed by atoms with Crippen LogP contribution in [0.1, 0.15) is 35.3 Å². The molecule has 134 valence electrons. The van der Waals surface area contributed by atoms with Gasteiger partial charge in [0, 0.05) is 5.56 Å². The number of benzene rings is 2. The molecule has 0 saturated carbocycles. The van der Waals surface area contributed by atoms with Crippen LogP contribution in [0.3, 0.4) is 0 Å². The predicted molar refractivity (Wildman–Crippen MR) is 93.6 cm³/mol. The van der Waals surface area contributed by atoms with Gasteiger partial charge in [-0.1, -0.05) is 36.4 Å². The summed E-state index contributed by atoms with van der Waals surface area (Å²) >= 11 is 0. The summed E-state index contributed by atoms with van der Waals surface area (Å²) in [6.07, 6.45) is -0.464. The van der Waals surface area contributed by atoms with Crippen LogP contribution in [0.15, 0.2) is 48.5 Å². The minimum atomic E-state index is -1.69. The number of ketones is 1. The molecule has 6 heteroatoms. The number of esters is 1. The van der Waals surface area contributed by atoms with Crippen molar-refractivity contribution < 1.29 is 24.2 Å². The molecule has 26 heavy (non-hydrogen) atoms. The highest BCUT2D eigenvalue weighted by Crippen LogP contribution is 2.49. The van der Waals surface area contributed by atoms with Crippen molar-refractivity contribution in [3.63, 3.8) is 0 Å². The molecule has 1 aliphatic carbocycles. The fourth-order valence-electron chi connectivity index (χ4n) is 3.61. The zero-order chi connectivity index (χ0) is 19.1. The Balaban J connectivity index is 2.34. The summed E-state index contributed by atoms with van der Waals surface area (Å²) in [6.45, 7) is 3.32. The summed E-state index contributed by atoms with van der Waals surface area (Å²) in [5.41, 5.74) is 4.91. The number of hydrogen-bond acceptors (Lipinski definition) is 5. The first-order valence-corrected chi connectivity index (χ1v) is 8.23. The van der Waals surface area contributed by atoms with E-state index in [1.165, 1.54) is 18.2 Å². The predicted octanol–water partition coefficient (Wildman–Crippen LogP) is 1.93. The Morgan fingerprint density at radius 1 is 1.15 bits per heavy atom. The van der Waals surface area contributed by atoms with E-state index >= 15 is 0 Å². The number of hydrogen-bond donors (Lipinski definition) is 2. The van der Waals surface area contributed by atoms with E-state index in [9.17, 15) is 19.5 Å². The average molecular weight is 353 g/mol. The Morgan fingerprint density at radius 2 is 1.81 bits per heavy atom. The molecule has 3 N–H and O–H groups in total. The number of rotatable bonds is 4. The molecular weight excluding hydrogens is 334 g/mol. The third-order valence-electron chi connectivity index (χ3n) is 4.59. The van der Waals surface area contributed by atoms with Crippen molar-refractivity contribution in [1.82, 2.24) is 0 Å². The van der Waals surface area contributed by atoms with Gasteiger partial charge in [0.25, 0.3) is 0 Å². The lowest BCUT2D eigenvalue weighted by Crippen LogP contribution is -2.50. The molecule has 0 bridgehead atoms. The van der Waals surface area contributed by atoms with Gasteiger partial charge < -0.3 is 15.6 Å². The summed E-state index contributed by atoms with van der Waals surface area (Å²) in [5.74, 6) is -3.82. The highest BCUT2D eigenvalue weighted by Gasteiger charge is 2.61. The van der Waals surface area contributed by atoms with Gasteiger partial charge in [-0.3, -0.25) is 14.4 Å². The lowest BCUT2D eigenvalue weighted by atomic mass is 9.68. The first-order valence-electron chi connectivity index (χ1n) is 8.23. The molecule has 0 saturated heterocycles. The second-order valence-electron chi connectivity index (χ2n) is 6.55. The van der Waals surface area contributed by atoms with Crippen LogP contribution in [0.5, 0.6) is 5.75 Å². The van der Waals surface area contributed by atoms with Crippen molar-refractivity contribution in [1.29, 1.82) is 0 Å². The number of aromatic hydroxyl groups is 1. The van der Waals surface area contributed by atoms with Crippen LogP contribution in [0.4, 0.5) is 0 Å². The third-order valence-corrected chi connectivity index (χ3v) is 4.59. The van der Waals surface area contributed by atoms with Gasteiger partial charge in [0.05, 0.1) is 6.10 Å². The number of phenols is 1. The van der Waals surface area contributed by atoms with E-state index in [1.807, 2.05) is 0 Å². The van der Waals surface area contributed by atoms with Crippen molar-refractivity contribution in [2.24, 2.45) is 11.7 Å². The van der Waals surface area contributed by atoms with Gasteiger partial charge in [0.1, 0.15) is 17.1 Å². The maximum atomic E-state index is 13.0. The molecule has 0 aliphatic heterocycles. The summed E-state index contributed by atoms with van der Waals surface area (Å²) in [7, 11) is 0. The van der Waals surface area contributed by atoms with Crippen LogP contribution in [-0.4, -0.2) is 28.9 Å². The monoisotopic (exact) mass is 353 g/mol. The minimum absolute atomic E-state index is 0.0957. The van der Waals surface area contributed by atoms with Crippen LogP contribution in [0, 0.1) is 5.92 Å². The number of carbonyl (C=O) groups is 3. The highest BCUT2D eigenvalue weighted by molar-refractivity contribution is 6.20. The Bertz CT molecular complexity index is 890. The van der Waals surface area contributed by atoms with E-state index in [4.69, 9.17) is 10.5 Å². The van der Waals surface area contributed by atoms with Gasteiger partial charge >= 0.3 is 5.97 Å². The SMILES string of the molecule is CC(C)OC(=O)C1C(=O)c2cc(O)ccc2C1(C(N)=O)c1ccccc1. The van der Waals surface area contributed by atoms with Crippen LogP contribution in [0.25, 0.3) is 0 Å². The van der Waals surface area contributed by atoms with Crippen LogP contribution in [0.2, 0.25) is 0 Å². The zero-order valence-corrected chi connectivity index (χ0v) is 14.4. The summed E-state index contributed by atoms with van der Waals surface area (Å²) in [6, 6.07) is 12.5. The van der Waals surface area contributed by atoms with E-state index < -0.39 is 35.1 Å². The Labute approximate surface area is 150 Å². The molecular formula is C20H19NO5. The molecule has 0 spiro atoms. The Kier molecular flexibility index (Phi) is 4.28. The van der Waals surface area contributed by atoms with E-state index in [0.717, 1.165) is 0 Å². The van der Waals surface area contributed by atoms with Gasteiger partial charge in [-0.25, -0.2) is 0 Å². The molecule has 0 radical (unpaired) electrons. The Hall–Kier alpha value is -3.15. The highest BCUT2D eigenvalue weighted by atomic mass is 16.5. The summed E-state index contributed by atoms with van der Waals surface area (Å²) in [5, 5.41) is 9.78. The maximum absolute atomic E-state index is 13.0. The van der Waals surface area contributed by atoms with E-state index in [-0.39, 0.29) is 11.3 Å². The van der Waals surface area contributed by atoms with Gasteiger partial charge in [-0.2, -0.15) is 0 Å². The molecule has 0 fully saturated rings. The van der Waals surface area contributed by atoms with Crippen molar-refractivity contribution in [2.75, 3.05) is 0 Å². The normalized spacial score (nSPS) is 21.5. The van der Waals surface area contributed by atoms with Crippen molar-refractivity contribution in [2.45, 2.75) is 25.4 Å². The van der Waals surface area contributed by atoms with Crippen molar-refractivity contribution >= 4 is 17.7 Å². The molecule has 2 atom stereocenters. The largest absolute Gasteiger partial charge is 0.508 e. The number of Topliss-reactive ketones (excluding diaryl/α,β-unsaturated/α-hetero) is 1. The van der Waals surface area contributed by atoms with E-state index in [2.05, 4.69) is 0 Å². The molecule has 1 aliphatic rings. The van der Waals surface area contributed by atoms with Crippen LogP contribution < -0.4 is 5.73 Å². The van der Waals surface area contributed by atoms with Gasteiger partial charge in [0.2, 0.25) is 5.91 Å². The molecule has 3 rings (SSSR count). The fourth-order valence-corrected chi connectivity index (χ4v) is 3.61. The quantitative estimate of drug-likeness (QED) is 0.645. The first-order chi connectivity index (χ1) is 12.3. The summed E-state index contributed by atoms with van der Waals surface area (Å²) in [4.78, 5) is 38.6. The first kappa shape index (κ1) is 17.7. The number of amides is 1. The standard InChI is InChI=1S/C20H19NO5/c1-11(2)26-18(24)16-17(23)14-10-13(22)8-9-15(14)20(16,19(21)25)12-6-4-3-5-7-12/h3-11,16,22H,1-2H3,(H2,21,25). The van der Waals surface area contributed by atoms with E-state index in [1.54, 1.807) is 44.2 Å².